The van der Waals surface area contributed by atoms with E-state index in [1.165, 1.54) is 26.4 Å². The van der Waals surface area contributed by atoms with Crippen LogP contribution in [0, 0.1) is 16.7 Å². The number of esters is 1. The van der Waals surface area contributed by atoms with Gasteiger partial charge in [-0.2, -0.15) is 0 Å². The SMILES string of the molecule is COC(=O)c1ccc(NC2CC3CCC2(C)C3(C)C)cc1. The first-order valence-corrected chi connectivity index (χ1v) is 7.83. The standard InChI is InChI=1S/C18H25NO2/c1-17(2)13-9-10-18(17,3)15(11-13)19-14-7-5-12(6-8-14)16(20)21-4/h5-8,13,15,19H,9-11H2,1-4H3. The Kier molecular flexibility index (Phi) is 3.27. The van der Waals surface area contributed by atoms with Gasteiger partial charge in [0.05, 0.1) is 12.7 Å². The zero-order chi connectivity index (χ0) is 15.3. The van der Waals surface area contributed by atoms with Crippen LogP contribution in [0.5, 0.6) is 0 Å². The van der Waals surface area contributed by atoms with Crippen LogP contribution in [0.15, 0.2) is 24.3 Å². The van der Waals surface area contributed by atoms with Crippen LogP contribution < -0.4 is 5.32 Å². The van der Waals surface area contributed by atoms with E-state index in [-0.39, 0.29) is 5.97 Å². The molecule has 0 spiro atoms. The van der Waals surface area contributed by atoms with Gasteiger partial charge in [0.2, 0.25) is 0 Å². The van der Waals surface area contributed by atoms with E-state index in [0.29, 0.717) is 22.4 Å². The minimum atomic E-state index is -0.283. The van der Waals surface area contributed by atoms with Gasteiger partial charge in [-0.3, -0.25) is 0 Å². The van der Waals surface area contributed by atoms with Gasteiger partial charge in [0.15, 0.2) is 0 Å². The average molecular weight is 287 g/mol. The third-order valence-electron chi connectivity index (χ3n) is 6.44. The molecule has 114 valence electrons. The number of methoxy groups -OCH3 is 1. The summed E-state index contributed by atoms with van der Waals surface area (Å²) in [5.74, 6) is 0.545. The fourth-order valence-electron chi connectivity index (χ4n) is 4.44. The molecule has 3 rings (SSSR count). The summed E-state index contributed by atoms with van der Waals surface area (Å²) >= 11 is 0. The smallest absolute Gasteiger partial charge is 0.337 e. The molecule has 2 aliphatic carbocycles. The first-order valence-electron chi connectivity index (χ1n) is 7.83. The minimum Gasteiger partial charge on any atom is -0.465 e. The molecule has 21 heavy (non-hydrogen) atoms. The van der Waals surface area contributed by atoms with Crippen LogP contribution in [0.3, 0.4) is 0 Å². The Morgan fingerprint density at radius 3 is 2.38 bits per heavy atom. The third kappa shape index (κ3) is 2.05. The number of carbonyl (C=O) groups is 1. The van der Waals surface area contributed by atoms with E-state index in [2.05, 4.69) is 26.1 Å². The maximum Gasteiger partial charge on any atom is 0.337 e. The Labute approximate surface area is 127 Å². The van der Waals surface area contributed by atoms with Crippen molar-refractivity contribution in [1.29, 1.82) is 0 Å². The van der Waals surface area contributed by atoms with Crippen LogP contribution in [0.1, 0.15) is 50.4 Å². The normalized spacial score (nSPS) is 33.0. The molecule has 3 unspecified atom stereocenters. The number of hydrogen-bond donors (Lipinski definition) is 1. The lowest BCUT2D eigenvalue weighted by molar-refractivity contribution is 0.0601. The van der Waals surface area contributed by atoms with Gasteiger partial charge in [0.1, 0.15) is 0 Å². The highest BCUT2D eigenvalue weighted by atomic mass is 16.5. The van der Waals surface area contributed by atoms with Gasteiger partial charge in [-0.25, -0.2) is 4.79 Å². The first-order chi connectivity index (χ1) is 9.88. The molecule has 1 aromatic rings. The molecule has 2 aliphatic rings. The van der Waals surface area contributed by atoms with Crippen LogP contribution in [0.25, 0.3) is 0 Å². The molecule has 3 atom stereocenters. The number of benzene rings is 1. The summed E-state index contributed by atoms with van der Waals surface area (Å²) in [7, 11) is 1.41. The molecule has 0 aliphatic heterocycles. The summed E-state index contributed by atoms with van der Waals surface area (Å²) in [6, 6.07) is 8.14. The lowest BCUT2D eigenvalue weighted by Crippen LogP contribution is -2.40. The predicted molar refractivity (Wildman–Crippen MR) is 84.4 cm³/mol. The van der Waals surface area contributed by atoms with Gasteiger partial charge < -0.3 is 10.1 Å². The van der Waals surface area contributed by atoms with E-state index in [0.717, 1.165) is 11.6 Å². The van der Waals surface area contributed by atoms with Crippen molar-refractivity contribution < 1.29 is 9.53 Å². The van der Waals surface area contributed by atoms with Gasteiger partial charge in [-0.1, -0.05) is 20.8 Å². The van der Waals surface area contributed by atoms with Crippen molar-refractivity contribution in [3.8, 4) is 0 Å². The molecule has 2 saturated carbocycles. The number of nitrogens with one attached hydrogen (secondary N) is 1. The van der Waals surface area contributed by atoms with Gasteiger partial charge in [-0.15, -0.1) is 0 Å². The average Bonchev–Trinajstić information content (AvgIpc) is 2.80. The molecule has 0 radical (unpaired) electrons. The summed E-state index contributed by atoms with van der Waals surface area (Å²) in [5, 5.41) is 3.70. The van der Waals surface area contributed by atoms with Crippen molar-refractivity contribution in [2.24, 2.45) is 16.7 Å². The van der Waals surface area contributed by atoms with E-state index < -0.39 is 0 Å². The van der Waals surface area contributed by atoms with Crippen molar-refractivity contribution in [2.75, 3.05) is 12.4 Å². The van der Waals surface area contributed by atoms with E-state index in [1.807, 2.05) is 24.3 Å². The fourth-order valence-corrected chi connectivity index (χ4v) is 4.44. The van der Waals surface area contributed by atoms with Crippen molar-refractivity contribution in [3.63, 3.8) is 0 Å². The molecule has 3 nitrogen and oxygen atoms in total. The van der Waals surface area contributed by atoms with E-state index in [1.54, 1.807) is 0 Å². The van der Waals surface area contributed by atoms with E-state index in [4.69, 9.17) is 4.74 Å². The summed E-state index contributed by atoms with van der Waals surface area (Å²) in [6.07, 6.45) is 3.92. The topological polar surface area (TPSA) is 38.3 Å². The van der Waals surface area contributed by atoms with Gasteiger partial charge in [-0.05, 0) is 60.3 Å². The number of rotatable bonds is 3. The Morgan fingerprint density at radius 2 is 1.90 bits per heavy atom. The molecular formula is C18H25NO2. The molecule has 2 fully saturated rings. The Balaban J connectivity index is 1.75. The molecule has 1 N–H and O–H groups in total. The van der Waals surface area contributed by atoms with Crippen LogP contribution in [0.2, 0.25) is 0 Å². The number of ether oxygens (including phenoxy) is 1. The maximum absolute atomic E-state index is 11.5. The quantitative estimate of drug-likeness (QED) is 0.851. The van der Waals surface area contributed by atoms with Crippen LogP contribution in [0.4, 0.5) is 5.69 Å². The van der Waals surface area contributed by atoms with Crippen LogP contribution in [-0.4, -0.2) is 19.1 Å². The number of anilines is 1. The number of hydrogen-bond acceptors (Lipinski definition) is 3. The molecule has 0 saturated heterocycles. The van der Waals surface area contributed by atoms with E-state index in [9.17, 15) is 4.79 Å². The second-order valence-corrected chi connectivity index (χ2v) is 7.38. The minimum absolute atomic E-state index is 0.283. The molecule has 2 bridgehead atoms. The largest absolute Gasteiger partial charge is 0.465 e. The highest BCUT2D eigenvalue weighted by Gasteiger charge is 2.61. The molecule has 0 aromatic heterocycles. The lowest BCUT2D eigenvalue weighted by atomic mass is 9.69. The maximum atomic E-state index is 11.5. The summed E-state index contributed by atoms with van der Waals surface area (Å²) in [5.41, 5.74) is 2.47. The highest BCUT2D eigenvalue weighted by molar-refractivity contribution is 5.89. The third-order valence-corrected chi connectivity index (χ3v) is 6.44. The Bertz CT molecular complexity index is 549. The second-order valence-electron chi connectivity index (χ2n) is 7.38. The Morgan fingerprint density at radius 1 is 1.24 bits per heavy atom. The highest BCUT2D eigenvalue weighted by Crippen LogP contribution is 2.65. The van der Waals surface area contributed by atoms with Gasteiger partial charge >= 0.3 is 5.97 Å². The lowest BCUT2D eigenvalue weighted by Gasteiger charge is -2.40. The zero-order valence-corrected chi connectivity index (χ0v) is 13.4. The van der Waals surface area contributed by atoms with Crippen LogP contribution >= 0.6 is 0 Å². The molecule has 1 aromatic carbocycles. The number of carbonyl (C=O) groups excluding carboxylic acids is 1. The second kappa shape index (κ2) is 4.75. The fraction of sp³-hybridized carbons (Fsp3) is 0.611. The van der Waals surface area contributed by atoms with Crippen molar-refractivity contribution >= 4 is 11.7 Å². The number of fused-ring (bicyclic) bond motifs is 2. The molecular weight excluding hydrogens is 262 g/mol. The van der Waals surface area contributed by atoms with Crippen molar-refractivity contribution in [2.45, 2.75) is 46.1 Å². The summed E-state index contributed by atoms with van der Waals surface area (Å²) in [6.45, 7) is 7.28. The van der Waals surface area contributed by atoms with Gasteiger partial charge in [0, 0.05) is 11.7 Å². The molecule has 3 heteroatoms. The monoisotopic (exact) mass is 287 g/mol. The Hall–Kier alpha value is -1.51. The zero-order valence-electron chi connectivity index (χ0n) is 13.4. The van der Waals surface area contributed by atoms with Gasteiger partial charge in [0.25, 0.3) is 0 Å². The predicted octanol–water partition coefficient (Wildman–Crippen LogP) is 4.10. The molecule has 0 amide bonds. The van der Waals surface area contributed by atoms with E-state index >= 15 is 0 Å². The van der Waals surface area contributed by atoms with Crippen molar-refractivity contribution in [3.05, 3.63) is 29.8 Å². The van der Waals surface area contributed by atoms with Crippen LogP contribution in [-0.2, 0) is 4.74 Å². The summed E-state index contributed by atoms with van der Waals surface area (Å²) < 4.78 is 4.73. The summed E-state index contributed by atoms with van der Waals surface area (Å²) in [4.78, 5) is 11.5. The molecule has 0 heterocycles. The first kappa shape index (κ1) is 14.4. The van der Waals surface area contributed by atoms with Crippen molar-refractivity contribution in [1.82, 2.24) is 0 Å².